The molecule has 0 aromatic heterocycles. The number of aliphatic hydroxyl groups excluding tert-OH is 4. The van der Waals surface area contributed by atoms with Crippen molar-refractivity contribution in [3.05, 3.63) is 64.2 Å². The third-order valence-electron chi connectivity index (χ3n) is 5.72. The standard InChI is InChI=1S/C23H27NO6S/c1-3-13-4-6-14(7-5-13)8-15-9-17(19(31-2)10-16(15)11-24)23(29)22(28)21(27)20(26)18(12-25)30-23/h4-7,9-10,18,20-22,25-29H,3,8,12H2,1-2H3/t18-,20-,21+,22-,23-/m1/s1. The molecule has 1 fully saturated rings. The number of hydrogen-bond donors (Lipinski definition) is 5. The van der Waals surface area contributed by atoms with Crippen LogP contribution in [0.2, 0.25) is 0 Å². The van der Waals surface area contributed by atoms with E-state index in [9.17, 15) is 30.8 Å². The van der Waals surface area contributed by atoms with Gasteiger partial charge in [-0.15, -0.1) is 11.8 Å². The summed E-state index contributed by atoms with van der Waals surface area (Å²) in [7, 11) is 0. The molecular weight excluding hydrogens is 418 g/mol. The van der Waals surface area contributed by atoms with Crippen LogP contribution in [0.15, 0.2) is 41.3 Å². The summed E-state index contributed by atoms with van der Waals surface area (Å²) in [6.45, 7) is 1.41. The molecule has 2 aromatic rings. The maximum atomic E-state index is 11.3. The maximum Gasteiger partial charge on any atom is 0.223 e. The van der Waals surface area contributed by atoms with Crippen LogP contribution in [0.1, 0.15) is 34.7 Å². The molecule has 2 aromatic carbocycles. The molecule has 31 heavy (non-hydrogen) atoms. The summed E-state index contributed by atoms with van der Waals surface area (Å²) in [5.74, 6) is -2.38. The van der Waals surface area contributed by atoms with Crippen LogP contribution in [0.5, 0.6) is 0 Å². The average molecular weight is 446 g/mol. The van der Waals surface area contributed by atoms with E-state index in [0.29, 0.717) is 22.4 Å². The lowest BCUT2D eigenvalue weighted by Gasteiger charge is -2.46. The van der Waals surface area contributed by atoms with Gasteiger partial charge in [0.1, 0.15) is 24.4 Å². The van der Waals surface area contributed by atoms with Crippen LogP contribution in [0.3, 0.4) is 0 Å². The predicted molar refractivity (Wildman–Crippen MR) is 115 cm³/mol. The highest BCUT2D eigenvalue weighted by atomic mass is 32.2. The van der Waals surface area contributed by atoms with Crippen LogP contribution in [0, 0.1) is 11.3 Å². The first-order valence-corrected chi connectivity index (χ1v) is 11.3. The lowest BCUT2D eigenvalue weighted by Crippen LogP contribution is -2.63. The Balaban J connectivity index is 2.08. The Morgan fingerprint density at radius 1 is 1.10 bits per heavy atom. The molecule has 1 heterocycles. The van der Waals surface area contributed by atoms with E-state index < -0.39 is 36.8 Å². The third-order valence-corrected chi connectivity index (χ3v) is 6.50. The van der Waals surface area contributed by atoms with Gasteiger partial charge < -0.3 is 30.3 Å². The van der Waals surface area contributed by atoms with Crippen molar-refractivity contribution in [2.45, 2.75) is 54.9 Å². The quantitative estimate of drug-likeness (QED) is 0.417. The van der Waals surface area contributed by atoms with Gasteiger partial charge in [-0.1, -0.05) is 31.2 Å². The van der Waals surface area contributed by atoms with Gasteiger partial charge in [-0.2, -0.15) is 5.26 Å². The number of thioether (sulfide) groups is 1. The van der Waals surface area contributed by atoms with Crippen LogP contribution < -0.4 is 0 Å². The summed E-state index contributed by atoms with van der Waals surface area (Å²) >= 11 is 1.24. The molecule has 5 N–H and O–H groups in total. The minimum absolute atomic E-state index is 0.163. The number of hydrogen-bond acceptors (Lipinski definition) is 8. The minimum Gasteiger partial charge on any atom is -0.394 e. The first kappa shape index (κ1) is 23.7. The fourth-order valence-electron chi connectivity index (χ4n) is 3.81. The predicted octanol–water partition coefficient (Wildman–Crippen LogP) is 1.05. The molecule has 0 spiro atoms. The number of aryl methyl sites for hydroxylation is 1. The second-order valence-corrected chi connectivity index (χ2v) is 8.48. The number of aliphatic hydroxyl groups is 5. The normalized spacial score (nSPS) is 28.3. The molecule has 0 bridgehead atoms. The molecule has 1 aliphatic rings. The first-order valence-electron chi connectivity index (χ1n) is 10.0. The van der Waals surface area contributed by atoms with Gasteiger partial charge in [-0.05, 0) is 47.9 Å². The van der Waals surface area contributed by atoms with E-state index in [0.717, 1.165) is 12.0 Å². The van der Waals surface area contributed by atoms with Gasteiger partial charge in [0.15, 0.2) is 0 Å². The SMILES string of the molecule is CCc1ccc(Cc2cc([C@@]3(O)O[C@H](CO)[C@@H](O)[C@H](O)[C@H]3O)c(SC)cc2C#N)cc1. The van der Waals surface area contributed by atoms with Crippen molar-refractivity contribution in [3.63, 3.8) is 0 Å². The Hall–Kier alpha value is -1.96. The summed E-state index contributed by atoms with van der Waals surface area (Å²) < 4.78 is 5.50. The molecule has 0 saturated carbocycles. The largest absolute Gasteiger partial charge is 0.394 e. The zero-order valence-electron chi connectivity index (χ0n) is 17.4. The summed E-state index contributed by atoms with van der Waals surface area (Å²) in [5.41, 5.74) is 3.36. The Bertz CT molecular complexity index is 958. The van der Waals surface area contributed by atoms with Crippen LogP contribution in [-0.2, 0) is 23.4 Å². The zero-order valence-corrected chi connectivity index (χ0v) is 18.2. The molecule has 7 nitrogen and oxygen atoms in total. The van der Waals surface area contributed by atoms with Gasteiger partial charge in [-0.25, -0.2) is 0 Å². The third kappa shape index (κ3) is 4.49. The molecule has 0 amide bonds. The number of nitriles is 1. The van der Waals surface area contributed by atoms with E-state index in [4.69, 9.17) is 4.74 Å². The molecule has 0 radical (unpaired) electrons. The molecular formula is C23H27NO6S. The van der Waals surface area contributed by atoms with Crippen molar-refractivity contribution in [3.8, 4) is 6.07 Å². The lowest BCUT2D eigenvalue weighted by atomic mass is 9.86. The second-order valence-electron chi connectivity index (χ2n) is 7.63. The number of rotatable bonds is 6. The lowest BCUT2D eigenvalue weighted by molar-refractivity contribution is -0.358. The monoisotopic (exact) mass is 445 g/mol. The smallest absolute Gasteiger partial charge is 0.223 e. The Labute approximate surface area is 185 Å². The highest BCUT2D eigenvalue weighted by molar-refractivity contribution is 7.98. The fraction of sp³-hybridized carbons (Fsp3) is 0.435. The topological polar surface area (TPSA) is 134 Å². The molecule has 5 atom stereocenters. The highest BCUT2D eigenvalue weighted by Crippen LogP contribution is 2.41. The van der Waals surface area contributed by atoms with Crippen LogP contribution in [0.25, 0.3) is 0 Å². The number of ether oxygens (including phenoxy) is 1. The molecule has 1 saturated heterocycles. The van der Waals surface area contributed by atoms with E-state index in [1.165, 1.54) is 17.3 Å². The Morgan fingerprint density at radius 2 is 1.74 bits per heavy atom. The number of benzene rings is 2. The zero-order chi connectivity index (χ0) is 22.8. The van der Waals surface area contributed by atoms with Gasteiger partial charge in [0.25, 0.3) is 0 Å². The second kappa shape index (κ2) is 9.67. The molecule has 166 valence electrons. The van der Waals surface area contributed by atoms with E-state index in [1.54, 1.807) is 18.4 Å². The van der Waals surface area contributed by atoms with E-state index >= 15 is 0 Å². The van der Waals surface area contributed by atoms with Crippen LogP contribution >= 0.6 is 11.8 Å². The van der Waals surface area contributed by atoms with Gasteiger partial charge in [0.2, 0.25) is 5.79 Å². The average Bonchev–Trinajstić information content (AvgIpc) is 2.80. The summed E-state index contributed by atoms with van der Waals surface area (Å²) in [6.07, 6.45) is -3.37. The van der Waals surface area contributed by atoms with Crippen molar-refractivity contribution >= 4 is 11.8 Å². The number of nitrogens with zero attached hydrogens (tertiary/aromatic N) is 1. The Kier molecular flexibility index (Phi) is 7.39. The summed E-state index contributed by atoms with van der Waals surface area (Å²) in [6, 6.07) is 13.4. The van der Waals surface area contributed by atoms with E-state index in [1.807, 2.05) is 24.3 Å². The van der Waals surface area contributed by atoms with Crippen LogP contribution in [0.4, 0.5) is 0 Å². The highest BCUT2D eigenvalue weighted by Gasteiger charge is 2.54. The minimum atomic E-state index is -2.38. The summed E-state index contributed by atoms with van der Waals surface area (Å²) in [5, 5.41) is 61.3. The molecule has 1 aliphatic heterocycles. The van der Waals surface area contributed by atoms with E-state index in [2.05, 4.69) is 13.0 Å². The molecule has 0 aliphatic carbocycles. The van der Waals surface area contributed by atoms with E-state index in [-0.39, 0.29) is 5.56 Å². The molecule has 0 unspecified atom stereocenters. The maximum absolute atomic E-state index is 11.3. The van der Waals surface area contributed by atoms with Gasteiger partial charge in [-0.3, -0.25) is 0 Å². The first-order chi connectivity index (χ1) is 14.8. The molecule has 3 rings (SSSR count). The summed E-state index contributed by atoms with van der Waals surface area (Å²) in [4.78, 5) is 0.475. The van der Waals surface area contributed by atoms with Crippen LogP contribution in [-0.4, -0.2) is 62.8 Å². The van der Waals surface area contributed by atoms with Crippen molar-refractivity contribution in [2.75, 3.05) is 12.9 Å². The Morgan fingerprint density at radius 3 is 2.29 bits per heavy atom. The van der Waals surface area contributed by atoms with Gasteiger partial charge in [0.05, 0.1) is 18.2 Å². The van der Waals surface area contributed by atoms with Gasteiger partial charge >= 0.3 is 0 Å². The van der Waals surface area contributed by atoms with Crippen molar-refractivity contribution < 1.29 is 30.3 Å². The van der Waals surface area contributed by atoms with Crippen molar-refractivity contribution in [1.29, 1.82) is 5.26 Å². The van der Waals surface area contributed by atoms with Crippen molar-refractivity contribution in [2.24, 2.45) is 0 Å². The van der Waals surface area contributed by atoms with Gasteiger partial charge in [0, 0.05) is 10.5 Å². The fourth-order valence-corrected chi connectivity index (χ4v) is 4.47. The van der Waals surface area contributed by atoms with Crippen molar-refractivity contribution in [1.82, 2.24) is 0 Å². The molecule has 8 heteroatoms.